The summed E-state index contributed by atoms with van der Waals surface area (Å²) in [6.07, 6.45) is -0.345. The van der Waals surface area contributed by atoms with Crippen LogP contribution in [0.15, 0.2) is 41.8 Å². The molecule has 0 aliphatic rings. The molecule has 0 amide bonds. The molecule has 0 aliphatic carbocycles. The smallest absolute Gasteiger partial charge is 0.381 e. The Kier molecular flexibility index (Phi) is 4.60. The summed E-state index contributed by atoms with van der Waals surface area (Å²) in [6.45, 7) is 0. The number of aliphatic carboxylic acids is 1. The fourth-order valence-electron chi connectivity index (χ4n) is 1.67. The Bertz CT molecular complexity index is 637. The Morgan fingerprint density at radius 1 is 1.25 bits per heavy atom. The second-order valence-electron chi connectivity index (χ2n) is 4.18. The lowest BCUT2D eigenvalue weighted by Crippen LogP contribution is -2.01. The maximum Gasteiger partial charge on any atom is 0.381 e. The standard InChI is InChI=1S/C13H13O5PS/c14-12(15)8-11-6-7-20-13(11)18-19(16,17)9-10-4-2-1-3-5-10/h1-7H,8-9H2,(H,14,15)(H,16,17). The number of hydrogen-bond donors (Lipinski definition) is 2. The first-order chi connectivity index (χ1) is 9.46. The van der Waals surface area contributed by atoms with Crippen LogP contribution in [0.2, 0.25) is 0 Å². The number of carboxylic acids is 1. The van der Waals surface area contributed by atoms with Gasteiger partial charge in [0.2, 0.25) is 0 Å². The van der Waals surface area contributed by atoms with Gasteiger partial charge >= 0.3 is 13.6 Å². The highest BCUT2D eigenvalue weighted by Gasteiger charge is 2.24. The van der Waals surface area contributed by atoms with Crippen LogP contribution < -0.4 is 4.52 Å². The largest absolute Gasteiger partial charge is 0.481 e. The normalized spacial score (nSPS) is 13.7. The summed E-state index contributed by atoms with van der Waals surface area (Å²) < 4.78 is 17.2. The van der Waals surface area contributed by atoms with Crippen LogP contribution in [0.4, 0.5) is 0 Å². The fourth-order valence-corrected chi connectivity index (χ4v) is 3.95. The fraction of sp³-hybridized carbons (Fsp3) is 0.154. The minimum Gasteiger partial charge on any atom is -0.481 e. The molecule has 0 aliphatic heterocycles. The minimum absolute atomic E-state index is 0.113. The maximum absolute atomic E-state index is 12.1. The van der Waals surface area contributed by atoms with Gasteiger partial charge in [-0.2, -0.15) is 0 Å². The van der Waals surface area contributed by atoms with Crippen LogP contribution in [-0.2, 0) is 21.9 Å². The van der Waals surface area contributed by atoms with Crippen LogP contribution in [0.5, 0.6) is 5.06 Å². The summed E-state index contributed by atoms with van der Waals surface area (Å²) in [7, 11) is -3.86. The van der Waals surface area contributed by atoms with E-state index in [0.29, 0.717) is 11.1 Å². The molecule has 7 heteroatoms. The average Bonchev–Trinajstić information content (AvgIpc) is 2.75. The number of thiophene rings is 1. The lowest BCUT2D eigenvalue weighted by molar-refractivity contribution is -0.136. The first-order valence-electron chi connectivity index (χ1n) is 5.80. The Balaban J connectivity index is 2.10. The molecule has 1 aromatic heterocycles. The predicted octanol–water partition coefficient (Wildman–Crippen LogP) is 3.14. The molecule has 1 heterocycles. The summed E-state index contributed by atoms with van der Waals surface area (Å²) in [6, 6.07) is 10.4. The molecule has 1 aromatic carbocycles. The quantitative estimate of drug-likeness (QED) is 0.801. The summed E-state index contributed by atoms with van der Waals surface area (Å²) in [4.78, 5) is 20.6. The van der Waals surface area contributed by atoms with E-state index in [-0.39, 0.29) is 17.6 Å². The Morgan fingerprint density at radius 2 is 1.95 bits per heavy atom. The van der Waals surface area contributed by atoms with Crippen molar-refractivity contribution in [3.05, 3.63) is 52.9 Å². The molecule has 0 saturated heterocycles. The molecular formula is C13H13O5PS. The molecule has 0 fully saturated rings. The van der Waals surface area contributed by atoms with Gasteiger partial charge in [-0.3, -0.25) is 4.79 Å². The van der Waals surface area contributed by atoms with Crippen molar-refractivity contribution in [1.82, 2.24) is 0 Å². The lowest BCUT2D eigenvalue weighted by atomic mass is 10.2. The van der Waals surface area contributed by atoms with Crippen molar-refractivity contribution in [1.29, 1.82) is 0 Å². The molecule has 2 rings (SSSR count). The third-order valence-corrected chi connectivity index (χ3v) is 4.69. The zero-order valence-corrected chi connectivity index (χ0v) is 12.1. The second kappa shape index (κ2) is 6.22. The van der Waals surface area contributed by atoms with Gasteiger partial charge in [0.15, 0.2) is 5.06 Å². The topological polar surface area (TPSA) is 83.8 Å². The molecule has 20 heavy (non-hydrogen) atoms. The second-order valence-corrected chi connectivity index (χ2v) is 6.83. The summed E-state index contributed by atoms with van der Waals surface area (Å²) >= 11 is 1.11. The van der Waals surface area contributed by atoms with Gasteiger partial charge in [-0.25, -0.2) is 4.57 Å². The zero-order chi connectivity index (χ0) is 14.6. The van der Waals surface area contributed by atoms with Crippen molar-refractivity contribution in [3.63, 3.8) is 0 Å². The molecule has 2 N–H and O–H groups in total. The number of benzene rings is 1. The van der Waals surface area contributed by atoms with Crippen molar-refractivity contribution in [2.24, 2.45) is 0 Å². The number of rotatable bonds is 6. The minimum atomic E-state index is -3.86. The van der Waals surface area contributed by atoms with Crippen LogP contribution in [0.3, 0.4) is 0 Å². The van der Waals surface area contributed by atoms with Crippen LogP contribution in [0.25, 0.3) is 0 Å². The number of hydrogen-bond acceptors (Lipinski definition) is 4. The summed E-state index contributed by atoms with van der Waals surface area (Å²) in [5.41, 5.74) is 1.10. The maximum atomic E-state index is 12.1. The predicted molar refractivity (Wildman–Crippen MR) is 76.3 cm³/mol. The molecule has 0 bridgehead atoms. The summed E-state index contributed by atoms with van der Waals surface area (Å²) in [5, 5.41) is 10.6. The molecule has 0 spiro atoms. The van der Waals surface area contributed by atoms with E-state index in [1.165, 1.54) is 0 Å². The first-order valence-corrected chi connectivity index (χ1v) is 8.44. The Labute approximate surface area is 120 Å². The van der Waals surface area contributed by atoms with Gasteiger partial charge in [-0.15, -0.1) is 11.3 Å². The van der Waals surface area contributed by atoms with E-state index in [2.05, 4.69) is 0 Å². The van der Waals surface area contributed by atoms with E-state index >= 15 is 0 Å². The van der Waals surface area contributed by atoms with E-state index in [4.69, 9.17) is 9.63 Å². The highest BCUT2D eigenvalue weighted by Crippen LogP contribution is 2.48. The average molecular weight is 312 g/mol. The molecule has 1 unspecified atom stereocenters. The van der Waals surface area contributed by atoms with Gasteiger partial charge in [0.1, 0.15) is 0 Å². The first kappa shape index (κ1) is 14.8. The third-order valence-electron chi connectivity index (χ3n) is 2.50. The van der Waals surface area contributed by atoms with Crippen molar-refractivity contribution in [2.75, 3.05) is 0 Å². The van der Waals surface area contributed by atoms with Crippen molar-refractivity contribution >= 4 is 24.9 Å². The van der Waals surface area contributed by atoms with Crippen molar-refractivity contribution < 1.29 is 23.9 Å². The van der Waals surface area contributed by atoms with Crippen LogP contribution in [0.1, 0.15) is 11.1 Å². The molecule has 1 atom stereocenters. The molecule has 0 saturated carbocycles. The van der Waals surface area contributed by atoms with Crippen molar-refractivity contribution in [3.8, 4) is 5.06 Å². The van der Waals surface area contributed by atoms with Crippen molar-refractivity contribution in [2.45, 2.75) is 12.6 Å². The SMILES string of the molecule is O=C(O)Cc1ccsc1OP(=O)(O)Cc1ccccc1. The zero-order valence-electron chi connectivity index (χ0n) is 10.4. The van der Waals surface area contributed by atoms with Gasteiger partial charge in [0.25, 0.3) is 0 Å². The van der Waals surface area contributed by atoms with Gasteiger partial charge < -0.3 is 14.5 Å². The Morgan fingerprint density at radius 3 is 2.60 bits per heavy atom. The molecule has 5 nitrogen and oxygen atoms in total. The Hall–Kier alpha value is -1.62. The van der Waals surface area contributed by atoms with E-state index in [9.17, 15) is 14.3 Å². The van der Waals surface area contributed by atoms with Gasteiger partial charge in [-0.05, 0) is 17.0 Å². The van der Waals surface area contributed by atoms with E-state index in [1.54, 1.807) is 35.7 Å². The van der Waals surface area contributed by atoms with Crippen LogP contribution in [-0.4, -0.2) is 16.0 Å². The molecule has 2 aromatic rings. The number of carbonyl (C=O) groups is 1. The monoisotopic (exact) mass is 312 g/mol. The lowest BCUT2D eigenvalue weighted by Gasteiger charge is -2.13. The van der Waals surface area contributed by atoms with Gasteiger partial charge in [0, 0.05) is 5.56 Å². The number of carboxylic acid groups (broad SMARTS) is 1. The molecule has 106 valence electrons. The van der Waals surface area contributed by atoms with E-state index < -0.39 is 13.6 Å². The van der Waals surface area contributed by atoms with E-state index in [1.807, 2.05) is 6.07 Å². The summed E-state index contributed by atoms with van der Waals surface area (Å²) in [5.74, 6) is -1.01. The molecular weight excluding hydrogens is 299 g/mol. The third kappa shape index (κ3) is 4.20. The van der Waals surface area contributed by atoms with Crippen LogP contribution >= 0.6 is 18.9 Å². The molecule has 0 radical (unpaired) electrons. The van der Waals surface area contributed by atoms with Gasteiger partial charge in [-0.1, -0.05) is 30.3 Å². The van der Waals surface area contributed by atoms with Gasteiger partial charge in [0.05, 0.1) is 12.6 Å². The van der Waals surface area contributed by atoms with E-state index in [0.717, 1.165) is 11.3 Å². The highest BCUT2D eigenvalue weighted by atomic mass is 32.1. The van der Waals surface area contributed by atoms with Crippen LogP contribution in [0, 0.1) is 0 Å². The highest BCUT2D eigenvalue weighted by molar-refractivity contribution is 7.52.